The molecule has 4 nitrogen and oxygen atoms in total. The lowest BCUT2D eigenvalue weighted by Gasteiger charge is -2.11. The van der Waals surface area contributed by atoms with E-state index in [9.17, 15) is 4.79 Å². The summed E-state index contributed by atoms with van der Waals surface area (Å²) >= 11 is 0. The minimum absolute atomic E-state index is 0.231. The van der Waals surface area contributed by atoms with E-state index in [1.165, 1.54) is 0 Å². The first-order valence-electron chi connectivity index (χ1n) is 8.45. The minimum Gasteiger partial charge on any atom is -0.347 e. The van der Waals surface area contributed by atoms with Gasteiger partial charge in [0.15, 0.2) is 5.69 Å². The normalized spacial score (nSPS) is 10.6. The maximum absolute atomic E-state index is 12.8. The van der Waals surface area contributed by atoms with E-state index < -0.39 is 0 Å². The van der Waals surface area contributed by atoms with Crippen molar-refractivity contribution < 1.29 is 4.79 Å². The van der Waals surface area contributed by atoms with Crippen LogP contribution >= 0.6 is 0 Å². The number of carbonyl (C=O) groups excluding carboxylic acids is 1. The smallest absolute Gasteiger partial charge is 0.272 e. The standard InChI is InChI=1S/C22H17N3O/c26-22(23-15-16-9-3-1-4-10-16)21-20(17-11-5-2-6-12-17)24-18-13-7-8-14-19(18)25-21/h1-14H,15H2,(H,23,26). The van der Waals surface area contributed by atoms with E-state index in [1.54, 1.807) is 0 Å². The van der Waals surface area contributed by atoms with Crippen LogP contribution in [-0.4, -0.2) is 15.9 Å². The van der Waals surface area contributed by atoms with Crippen LogP contribution in [0.15, 0.2) is 84.9 Å². The van der Waals surface area contributed by atoms with Crippen molar-refractivity contribution in [3.63, 3.8) is 0 Å². The number of nitrogens with zero attached hydrogens (tertiary/aromatic N) is 2. The third kappa shape index (κ3) is 3.30. The van der Waals surface area contributed by atoms with Gasteiger partial charge in [-0.2, -0.15) is 0 Å². The minimum atomic E-state index is -0.231. The maximum Gasteiger partial charge on any atom is 0.272 e. The Labute approximate surface area is 151 Å². The molecule has 1 N–H and O–H groups in total. The van der Waals surface area contributed by atoms with Gasteiger partial charge in [0, 0.05) is 12.1 Å². The fraction of sp³-hybridized carbons (Fsp3) is 0.0455. The summed E-state index contributed by atoms with van der Waals surface area (Å²) in [7, 11) is 0. The van der Waals surface area contributed by atoms with Crippen LogP contribution in [0, 0.1) is 0 Å². The van der Waals surface area contributed by atoms with Gasteiger partial charge in [-0.05, 0) is 17.7 Å². The van der Waals surface area contributed by atoms with Gasteiger partial charge >= 0.3 is 0 Å². The fourth-order valence-electron chi connectivity index (χ4n) is 2.82. The van der Waals surface area contributed by atoms with Crippen LogP contribution in [0.4, 0.5) is 0 Å². The molecule has 0 aliphatic carbocycles. The van der Waals surface area contributed by atoms with Crippen molar-refractivity contribution in [3.05, 3.63) is 96.2 Å². The number of carbonyl (C=O) groups is 1. The van der Waals surface area contributed by atoms with Gasteiger partial charge in [-0.25, -0.2) is 9.97 Å². The molecule has 4 aromatic rings. The number of amides is 1. The molecule has 0 spiro atoms. The van der Waals surface area contributed by atoms with Crippen molar-refractivity contribution in [3.8, 4) is 11.3 Å². The van der Waals surface area contributed by atoms with E-state index in [1.807, 2.05) is 84.9 Å². The molecule has 4 rings (SSSR count). The molecule has 4 heteroatoms. The fourth-order valence-corrected chi connectivity index (χ4v) is 2.82. The number of nitrogens with one attached hydrogen (secondary N) is 1. The molecule has 126 valence electrons. The van der Waals surface area contributed by atoms with Gasteiger partial charge in [0.05, 0.1) is 11.0 Å². The summed E-state index contributed by atoms with van der Waals surface area (Å²) in [5.41, 5.74) is 4.31. The lowest BCUT2D eigenvalue weighted by molar-refractivity contribution is 0.0946. The first-order valence-corrected chi connectivity index (χ1v) is 8.45. The van der Waals surface area contributed by atoms with E-state index in [0.29, 0.717) is 23.4 Å². The quantitative estimate of drug-likeness (QED) is 0.605. The van der Waals surface area contributed by atoms with Crippen LogP contribution in [0.3, 0.4) is 0 Å². The van der Waals surface area contributed by atoms with Crippen LogP contribution in [-0.2, 0) is 6.54 Å². The Kier molecular flexibility index (Phi) is 4.39. The zero-order chi connectivity index (χ0) is 17.8. The largest absolute Gasteiger partial charge is 0.347 e. The van der Waals surface area contributed by atoms with Gasteiger partial charge in [0.1, 0.15) is 5.69 Å². The molecule has 0 aliphatic rings. The van der Waals surface area contributed by atoms with Crippen LogP contribution < -0.4 is 5.32 Å². The number of fused-ring (bicyclic) bond motifs is 1. The average Bonchev–Trinajstić information content (AvgIpc) is 2.72. The van der Waals surface area contributed by atoms with Gasteiger partial charge in [-0.1, -0.05) is 72.8 Å². The Hall–Kier alpha value is -3.53. The molecule has 0 aliphatic heterocycles. The van der Waals surface area contributed by atoms with Gasteiger partial charge in [0.2, 0.25) is 0 Å². The van der Waals surface area contributed by atoms with E-state index in [0.717, 1.165) is 16.6 Å². The first-order chi connectivity index (χ1) is 12.8. The van der Waals surface area contributed by atoms with Crippen molar-refractivity contribution in [1.82, 2.24) is 15.3 Å². The summed E-state index contributed by atoms with van der Waals surface area (Å²) in [5, 5.41) is 2.95. The predicted molar refractivity (Wildman–Crippen MR) is 103 cm³/mol. The molecule has 3 aromatic carbocycles. The van der Waals surface area contributed by atoms with Gasteiger partial charge in [0.25, 0.3) is 5.91 Å². The van der Waals surface area contributed by atoms with Gasteiger partial charge in [-0.15, -0.1) is 0 Å². The number of benzene rings is 3. The monoisotopic (exact) mass is 339 g/mol. The third-order valence-corrected chi connectivity index (χ3v) is 4.13. The van der Waals surface area contributed by atoms with Crippen molar-refractivity contribution in [2.75, 3.05) is 0 Å². The molecule has 0 fully saturated rings. The second-order valence-electron chi connectivity index (χ2n) is 5.94. The zero-order valence-electron chi connectivity index (χ0n) is 14.1. The molecular weight excluding hydrogens is 322 g/mol. The summed E-state index contributed by atoms with van der Waals surface area (Å²) in [4.78, 5) is 22.1. The summed E-state index contributed by atoms with van der Waals surface area (Å²) in [6.45, 7) is 0.447. The van der Waals surface area contributed by atoms with E-state index in [4.69, 9.17) is 4.98 Å². The molecule has 0 unspecified atom stereocenters. The zero-order valence-corrected chi connectivity index (χ0v) is 14.1. The van der Waals surface area contributed by atoms with E-state index in [2.05, 4.69) is 10.3 Å². The number of aromatic nitrogens is 2. The summed E-state index contributed by atoms with van der Waals surface area (Å²) in [6.07, 6.45) is 0. The molecular formula is C22H17N3O. The van der Waals surface area contributed by atoms with Crippen molar-refractivity contribution in [2.24, 2.45) is 0 Å². The lowest BCUT2D eigenvalue weighted by atomic mass is 10.1. The van der Waals surface area contributed by atoms with Crippen LogP contribution in [0.5, 0.6) is 0 Å². The number of hydrogen-bond acceptors (Lipinski definition) is 3. The van der Waals surface area contributed by atoms with Crippen LogP contribution in [0.2, 0.25) is 0 Å². The highest BCUT2D eigenvalue weighted by molar-refractivity contribution is 6.00. The Balaban J connectivity index is 1.73. The highest BCUT2D eigenvalue weighted by Gasteiger charge is 2.17. The molecule has 0 saturated carbocycles. The molecule has 1 amide bonds. The lowest BCUT2D eigenvalue weighted by Crippen LogP contribution is -2.25. The van der Waals surface area contributed by atoms with E-state index >= 15 is 0 Å². The first kappa shape index (κ1) is 16.0. The van der Waals surface area contributed by atoms with Crippen LogP contribution in [0.1, 0.15) is 16.1 Å². The van der Waals surface area contributed by atoms with Gasteiger partial charge in [-0.3, -0.25) is 4.79 Å². The highest BCUT2D eigenvalue weighted by atomic mass is 16.1. The van der Waals surface area contributed by atoms with Crippen molar-refractivity contribution in [1.29, 1.82) is 0 Å². The Morgan fingerprint density at radius 3 is 2.00 bits per heavy atom. The summed E-state index contributed by atoms with van der Waals surface area (Å²) in [6, 6.07) is 27.1. The summed E-state index contributed by atoms with van der Waals surface area (Å²) < 4.78 is 0. The highest BCUT2D eigenvalue weighted by Crippen LogP contribution is 2.23. The second-order valence-corrected chi connectivity index (χ2v) is 5.94. The Morgan fingerprint density at radius 1 is 0.731 bits per heavy atom. The van der Waals surface area contributed by atoms with Crippen molar-refractivity contribution >= 4 is 16.9 Å². The Bertz CT molecular complexity index is 1050. The molecule has 26 heavy (non-hydrogen) atoms. The predicted octanol–water partition coefficient (Wildman–Crippen LogP) is 4.23. The molecule has 1 aromatic heterocycles. The second kappa shape index (κ2) is 7.15. The van der Waals surface area contributed by atoms with Crippen LogP contribution in [0.25, 0.3) is 22.3 Å². The summed E-state index contributed by atoms with van der Waals surface area (Å²) in [5.74, 6) is -0.231. The Morgan fingerprint density at radius 2 is 1.31 bits per heavy atom. The average molecular weight is 339 g/mol. The molecule has 1 heterocycles. The maximum atomic E-state index is 12.8. The SMILES string of the molecule is O=C(NCc1ccccc1)c1nc2ccccc2nc1-c1ccccc1. The van der Waals surface area contributed by atoms with Gasteiger partial charge < -0.3 is 5.32 Å². The third-order valence-electron chi connectivity index (χ3n) is 4.13. The molecule has 0 radical (unpaired) electrons. The van der Waals surface area contributed by atoms with E-state index in [-0.39, 0.29) is 5.91 Å². The molecule has 0 saturated heterocycles. The topological polar surface area (TPSA) is 54.9 Å². The molecule has 0 bridgehead atoms. The van der Waals surface area contributed by atoms with Crippen molar-refractivity contribution in [2.45, 2.75) is 6.54 Å². The molecule has 0 atom stereocenters. The number of rotatable bonds is 4. The number of hydrogen-bond donors (Lipinski definition) is 1. The number of para-hydroxylation sites is 2.